The first-order valence-corrected chi connectivity index (χ1v) is 10.1. The number of para-hydroxylation sites is 1. The molecule has 1 amide bonds. The van der Waals surface area contributed by atoms with E-state index in [0.29, 0.717) is 0 Å². The highest BCUT2D eigenvalue weighted by Gasteiger charge is 2.34. The van der Waals surface area contributed by atoms with Crippen molar-refractivity contribution in [1.82, 2.24) is 9.80 Å². The number of carbonyl (C=O) groups excluding carboxylic acids is 1. The average molecular weight is 341 g/mol. The molecule has 0 spiro atoms. The zero-order chi connectivity index (χ0) is 17.2. The number of nitrogens with zero attached hydrogens (tertiary/aromatic N) is 3. The van der Waals surface area contributed by atoms with E-state index < -0.39 is 0 Å². The second-order valence-corrected chi connectivity index (χ2v) is 8.06. The molecule has 3 aliphatic heterocycles. The van der Waals surface area contributed by atoms with Crippen LogP contribution in [0.4, 0.5) is 5.69 Å². The summed E-state index contributed by atoms with van der Waals surface area (Å²) in [5, 5.41) is 0. The Kier molecular flexibility index (Phi) is 5.09. The lowest BCUT2D eigenvalue weighted by Crippen LogP contribution is -2.46. The smallest absolute Gasteiger partial charge is 0.244 e. The molecule has 2 saturated heterocycles. The monoisotopic (exact) mass is 341 g/mol. The van der Waals surface area contributed by atoms with Crippen molar-refractivity contribution >= 4 is 11.6 Å². The van der Waals surface area contributed by atoms with Gasteiger partial charge >= 0.3 is 0 Å². The SMILES string of the molecule is C[C@@H](C(=O)N1CCc2ccccc21)N1CC[C@H](CN2CCCCC2)C1. The Morgan fingerprint density at radius 3 is 2.76 bits per heavy atom. The van der Waals surface area contributed by atoms with Crippen LogP contribution in [0.3, 0.4) is 0 Å². The zero-order valence-corrected chi connectivity index (χ0v) is 15.5. The summed E-state index contributed by atoms with van der Waals surface area (Å²) >= 11 is 0. The van der Waals surface area contributed by atoms with Crippen molar-refractivity contribution in [2.24, 2.45) is 5.92 Å². The zero-order valence-electron chi connectivity index (χ0n) is 15.5. The first-order valence-electron chi connectivity index (χ1n) is 10.1. The summed E-state index contributed by atoms with van der Waals surface area (Å²) in [5.74, 6) is 1.02. The first-order chi connectivity index (χ1) is 12.2. The molecular weight excluding hydrogens is 310 g/mol. The number of hydrogen-bond acceptors (Lipinski definition) is 3. The van der Waals surface area contributed by atoms with Gasteiger partial charge < -0.3 is 9.80 Å². The number of rotatable bonds is 4. The third-order valence-corrected chi connectivity index (χ3v) is 6.34. The van der Waals surface area contributed by atoms with Crippen LogP contribution in [-0.4, -0.2) is 61.0 Å². The van der Waals surface area contributed by atoms with Crippen molar-refractivity contribution in [3.05, 3.63) is 29.8 Å². The van der Waals surface area contributed by atoms with E-state index in [0.717, 1.165) is 37.7 Å². The maximum absolute atomic E-state index is 13.1. The molecule has 4 rings (SSSR count). The minimum atomic E-state index is -0.00230. The molecule has 0 bridgehead atoms. The molecule has 0 saturated carbocycles. The summed E-state index contributed by atoms with van der Waals surface area (Å²) < 4.78 is 0. The average Bonchev–Trinajstić information content (AvgIpc) is 3.28. The summed E-state index contributed by atoms with van der Waals surface area (Å²) in [5.41, 5.74) is 2.44. The van der Waals surface area contributed by atoms with Crippen LogP contribution in [0.25, 0.3) is 0 Å². The van der Waals surface area contributed by atoms with Crippen LogP contribution < -0.4 is 4.90 Å². The van der Waals surface area contributed by atoms with Gasteiger partial charge in [0.2, 0.25) is 5.91 Å². The van der Waals surface area contributed by atoms with E-state index in [4.69, 9.17) is 0 Å². The molecule has 0 aromatic heterocycles. The van der Waals surface area contributed by atoms with Crippen LogP contribution in [0.1, 0.15) is 38.2 Å². The lowest BCUT2D eigenvalue weighted by Gasteiger charge is -2.30. The van der Waals surface area contributed by atoms with E-state index in [9.17, 15) is 4.79 Å². The number of amides is 1. The lowest BCUT2D eigenvalue weighted by molar-refractivity contribution is -0.122. The molecule has 4 heteroatoms. The van der Waals surface area contributed by atoms with Gasteiger partial charge in [0.05, 0.1) is 6.04 Å². The van der Waals surface area contributed by atoms with E-state index in [1.807, 2.05) is 11.0 Å². The molecule has 0 unspecified atom stereocenters. The Balaban J connectivity index is 1.34. The number of likely N-dealkylation sites (tertiary alicyclic amines) is 2. The summed E-state index contributed by atoms with van der Waals surface area (Å²) in [4.78, 5) is 20.1. The van der Waals surface area contributed by atoms with Gasteiger partial charge in [-0.15, -0.1) is 0 Å². The Bertz CT molecular complexity index is 611. The Hall–Kier alpha value is -1.39. The minimum Gasteiger partial charge on any atom is -0.310 e. The second-order valence-electron chi connectivity index (χ2n) is 8.06. The normalized spacial score (nSPS) is 26.0. The van der Waals surface area contributed by atoms with Gasteiger partial charge in [-0.25, -0.2) is 0 Å². The summed E-state index contributed by atoms with van der Waals surface area (Å²) in [6, 6.07) is 8.35. The molecule has 4 nitrogen and oxygen atoms in total. The van der Waals surface area contributed by atoms with Crippen LogP contribution in [-0.2, 0) is 11.2 Å². The molecule has 136 valence electrons. The van der Waals surface area contributed by atoms with Crippen LogP contribution in [0.5, 0.6) is 0 Å². The number of carbonyl (C=O) groups is 1. The highest BCUT2D eigenvalue weighted by atomic mass is 16.2. The Labute approximate surface area is 151 Å². The molecule has 0 aliphatic carbocycles. The maximum atomic E-state index is 13.1. The summed E-state index contributed by atoms with van der Waals surface area (Å²) in [6.45, 7) is 8.87. The molecule has 1 aromatic rings. The molecule has 3 aliphatic rings. The van der Waals surface area contributed by atoms with Gasteiger partial charge in [-0.3, -0.25) is 9.69 Å². The fourth-order valence-electron chi connectivity index (χ4n) is 4.82. The summed E-state index contributed by atoms with van der Waals surface area (Å²) in [6.07, 6.45) is 6.35. The van der Waals surface area contributed by atoms with Gasteiger partial charge in [0.15, 0.2) is 0 Å². The fourth-order valence-corrected chi connectivity index (χ4v) is 4.82. The van der Waals surface area contributed by atoms with Gasteiger partial charge in [0, 0.05) is 25.3 Å². The van der Waals surface area contributed by atoms with E-state index in [2.05, 4.69) is 34.9 Å². The molecule has 0 N–H and O–H groups in total. The van der Waals surface area contributed by atoms with Crippen LogP contribution in [0.2, 0.25) is 0 Å². The highest BCUT2D eigenvalue weighted by molar-refractivity contribution is 5.98. The van der Waals surface area contributed by atoms with Crippen molar-refractivity contribution in [3.8, 4) is 0 Å². The number of anilines is 1. The molecule has 0 radical (unpaired) electrons. The van der Waals surface area contributed by atoms with Gasteiger partial charge in [0.25, 0.3) is 0 Å². The largest absolute Gasteiger partial charge is 0.310 e. The topological polar surface area (TPSA) is 26.8 Å². The Morgan fingerprint density at radius 2 is 1.92 bits per heavy atom. The minimum absolute atomic E-state index is 0.00230. The fraction of sp³-hybridized carbons (Fsp3) is 0.667. The molecule has 2 atom stereocenters. The van der Waals surface area contributed by atoms with Crippen molar-refractivity contribution < 1.29 is 4.79 Å². The molecule has 2 fully saturated rings. The third kappa shape index (κ3) is 3.61. The van der Waals surface area contributed by atoms with E-state index in [1.54, 1.807) is 0 Å². The van der Waals surface area contributed by atoms with E-state index in [-0.39, 0.29) is 11.9 Å². The predicted molar refractivity (Wildman–Crippen MR) is 102 cm³/mol. The molecule has 25 heavy (non-hydrogen) atoms. The predicted octanol–water partition coefficient (Wildman–Crippen LogP) is 2.77. The molecular formula is C21H31N3O. The standard InChI is InChI=1S/C21H31N3O/c1-17(21(25)24-14-10-19-7-3-4-8-20(19)24)23-13-9-18(16-23)15-22-11-5-2-6-12-22/h3-4,7-8,17-18H,2,5-6,9-16H2,1H3/t17-,18+/m0/s1. The van der Waals surface area contributed by atoms with E-state index >= 15 is 0 Å². The van der Waals surface area contributed by atoms with Crippen molar-refractivity contribution in [1.29, 1.82) is 0 Å². The molecule has 1 aromatic carbocycles. The van der Waals surface area contributed by atoms with Crippen molar-refractivity contribution in [2.75, 3.05) is 44.2 Å². The third-order valence-electron chi connectivity index (χ3n) is 6.34. The quantitative estimate of drug-likeness (QED) is 0.842. The second kappa shape index (κ2) is 7.46. The van der Waals surface area contributed by atoms with Crippen molar-refractivity contribution in [3.63, 3.8) is 0 Å². The highest BCUT2D eigenvalue weighted by Crippen LogP contribution is 2.29. The lowest BCUT2D eigenvalue weighted by atomic mass is 10.1. The van der Waals surface area contributed by atoms with Crippen LogP contribution in [0, 0.1) is 5.92 Å². The van der Waals surface area contributed by atoms with Crippen molar-refractivity contribution in [2.45, 2.75) is 45.1 Å². The summed E-state index contributed by atoms with van der Waals surface area (Å²) in [7, 11) is 0. The first kappa shape index (κ1) is 17.0. The van der Waals surface area contributed by atoms with Gasteiger partial charge in [-0.2, -0.15) is 0 Å². The van der Waals surface area contributed by atoms with E-state index in [1.165, 1.54) is 50.9 Å². The van der Waals surface area contributed by atoms with Crippen LogP contribution in [0.15, 0.2) is 24.3 Å². The van der Waals surface area contributed by atoms with Gasteiger partial charge in [0.1, 0.15) is 0 Å². The van der Waals surface area contributed by atoms with Gasteiger partial charge in [-0.05, 0) is 69.8 Å². The number of piperidine rings is 1. The maximum Gasteiger partial charge on any atom is 0.244 e. The van der Waals surface area contributed by atoms with Gasteiger partial charge in [-0.1, -0.05) is 24.6 Å². The number of fused-ring (bicyclic) bond motifs is 1. The molecule has 3 heterocycles. The number of benzene rings is 1. The number of hydrogen-bond donors (Lipinski definition) is 0. The Morgan fingerprint density at radius 1 is 1.12 bits per heavy atom. The van der Waals surface area contributed by atoms with Crippen LogP contribution >= 0.6 is 0 Å².